The molecule has 0 spiro atoms. The van der Waals surface area contributed by atoms with Crippen molar-refractivity contribution in [1.82, 2.24) is 24.1 Å². The van der Waals surface area contributed by atoms with Crippen molar-refractivity contribution >= 4 is 16.7 Å². The lowest BCUT2D eigenvalue weighted by atomic mass is 10.1. The second kappa shape index (κ2) is 8.29. The third-order valence-corrected chi connectivity index (χ3v) is 6.20. The summed E-state index contributed by atoms with van der Waals surface area (Å²) < 4.78 is 14.8. The number of hydrogen-bond acceptors (Lipinski definition) is 5. The third kappa shape index (κ3) is 3.49. The van der Waals surface area contributed by atoms with Crippen LogP contribution in [0, 0.1) is 6.92 Å². The second-order valence-corrected chi connectivity index (χ2v) is 8.25. The van der Waals surface area contributed by atoms with Gasteiger partial charge in [0.15, 0.2) is 17.1 Å². The predicted molar refractivity (Wildman–Crippen MR) is 136 cm³/mol. The van der Waals surface area contributed by atoms with E-state index in [1.165, 1.54) is 0 Å². The number of methoxy groups -OCH3 is 2. The van der Waals surface area contributed by atoms with E-state index < -0.39 is 0 Å². The second-order valence-electron chi connectivity index (χ2n) is 8.25. The molecule has 7 nitrogen and oxygen atoms in total. The maximum atomic E-state index is 5.47. The lowest BCUT2D eigenvalue weighted by Crippen LogP contribution is -1.98. The number of rotatable bonds is 5. The quantitative estimate of drug-likeness (QED) is 0.328. The fourth-order valence-electron chi connectivity index (χ4n) is 4.47. The normalized spacial score (nSPS) is 11.3. The first-order chi connectivity index (χ1) is 17.2. The van der Waals surface area contributed by atoms with Crippen LogP contribution in [0.2, 0.25) is 0 Å². The number of aromatic nitrogens is 5. The Morgan fingerprint density at radius 2 is 1.54 bits per heavy atom. The first kappa shape index (κ1) is 20.9. The summed E-state index contributed by atoms with van der Waals surface area (Å²) in [5.74, 6) is 1.35. The van der Waals surface area contributed by atoms with Crippen molar-refractivity contribution in [2.24, 2.45) is 0 Å². The molecule has 0 saturated carbocycles. The summed E-state index contributed by atoms with van der Waals surface area (Å²) in [6.07, 6.45) is 1.86. The zero-order chi connectivity index (χ0) is 23.9. The fraction of sp³-hybridized carbons (Fsp3) is 0.107. The lowest BCUT2D eigenvalue weighted by Gasteiger charge is -2.10. The zero-order valence-corrected chi connectivity index (χ0v) is 19.6. The van der Waals surface area contributed by atoms with Crippen LogP contribution in [-0.4, -0.2) is 38.4 Å². The Bertz CT molecular complexity index is 1680. The molecule has 7 heteroatoms. The number of imidazole rings is 2. The highest BCUT2D eigenvalue weighted by molar-refractivity contribution is 5.77. The molecule has 3 aromatic heterocycles. The van der Waals surface area contributed by atoms with E-state index >= 15 is 0 Å². The van der Waals surface area contributed by atoms with Gasteiger partial charge in [0, 0.05) is 16.8 Å². The molecule has 0 amide bonds. The van der Waals surface area contributed by atoms with Crippen LogP contribution in [0.25, 0.3) is 44.9 Å². The molecular formula is C28H23N5O2. The summed E-state index contributed by atoms with van der Waals surface area (Å²) in [5.41, 5.74) is 8.57. The van der Waals surface area contributed by atoms with Gasteiger partial charge in [-0.25, -0.2) is 14.5 Å². The number of nitrogens with zero attached hydrogens (tertiary/aromatic N) is 5. The molecule has 0 aliphatic rings. The molecule has 35 heavy (non-hydrogen) atoms. The van der Waals surface area contributed by atoms with E-state index in [4.69, 9.17) is 19.6 Å². The van der Waals surface area contributed by atoms with Gasteiger partial charge in [-0.3, -0.25) is 4.57 Å². The molecule has 3 aromatic carbocycles. The van der Waals surface area contributed by atoms with Crippen molar-refractivity contribution in [3.05, 3.63) is 90.9 Å². The third-order valence-electron chi connectivity index (χ3n) is 6.20. The summed E-state index contributed by atoms with van der Waals surface area (Å²) in [4.78, 5) is 9.25. The SMILES string of the molecule is COc1ccc(-c2ccc3nc(C)c(-c4ccc(-n5cnc6ccccc65)cc4)n3n2)cc1OC. The van der Waals surface area contributed by atoms with Crippen LogP contribution in [0.4, 0.5) is 0 Å². The first-order valence-corrected chi connectivity index (χ1v) is 11.3. The van der Waals surface area contributed by atoms with Crippen molar-refractivity contribution in [3.8, 4) is 39.7 Å². The Hall–Kier alpha value is -4.65. The lowest BCUT2D eigenvalue weighted by molar-refractivity contribution is 0.355. The van der Waals surface area contributed by atoms with Gasteiger partial charge >= 0.3 is 0 Å². The van der Waals surface area contributed by atoms with E-state index in [9.17, 15) is 0 Å². The summed E-state index contributed by atoms with van der Waals surface area (Å²) in [6.45, 7) is 2.01. The van der Waals surface area contributed by atoms with Crippen molar-refractivity contribution in [2.45, 2.75) is 6.92 Å². The topological polar surface area (TPSA) is 66.5 Å². The molecule has 0 atom stereocenters. The number of fused-ring (bicyclic) bond motifs is 2. The van der Waals surface area contributed by atoms with Crippen LogP contribution < -0.4 is 9.47 Å². The van der Waals surface area contributed by atoms with Gasteiger partial charge in [0.05, 0.1) is 42.3 Å². The molecule has 0 fully saturated rings. The van der Waals surface area contributed by atoms with Gasteiger partial charge in [-0.1, -0.05) is 24.3 Å². The van der Waals surface area contributed by atoms with Crippen LogP contribution >= 0.6 is 0 Å². The summed E-state index contributed by atoms with van der Waals surface area (Å²) in [6, 6.07) is 26.3. The fourth-order valence-corrected chi connectivity index (χ4v) is 4.47. The summed E-state index contributed by atoms with van der Waals surface area (Å²) in [5, 5.41) is 4.93. The van der Waals surface area contributed by atoms with Crippen LogP contribution in [0.1, 0.15) is 5.69 Å². The number of aryl methyl sites for hydroxylation is 1. The number of hydrogen-bond donors (Lipinski definition) is 0. The van der Waals surface area contributed by atoms with Gasteiger partial charge in [0.1, 0.15) is 6.33 Å². The van der Waals surface area contributed by atoms with E-state index in [0.717, 1.165) is 50.6 Å². The number of para-hydroxylation sites is 2. The largest absolute Gasteiger partial charge is 0.493 e. The van der Waals surface area contributed by atoms with Crippen molar-refractivity contribution in [3.63, 3.8) is 0 Å². The Kier molecular flexibility index (Phi) is 4.95. The highest BCUT2D eigenvalue weighted by Gasteiger charge is 2.15. The van der Waals surface area contributed by atoms with Gasteiger partial charge in [-0.05, 0) is 61.5 Å². The van der Waals surface area contributed by atoms with Gasteiger partial charge in [-0.15, -0.1) is 0 Å². The molecular weight excluding hydrogens is 438 g/mol. The van der Waals surface area contributed by atoms with Crippen LogP contribution in [0.5, 0.6) is 11.5 Å². The Balaban J connectivity index is 1.42. The molecule has 0 saturated heterocycles. The average Bonchev–Trinajstić information content (AvgIpc) is 3.48. The van der Waals surface area contributed by atoms with Crippen LogP contribution in [0.15, 0.2) is 85.2 Å². The molecule has 0 unspecified atom stereocenters. The minimum absolute atomic E-state index is 0.663. The van der Waals surface area contributed by atoms with Gasteiger partial charge < -0.3 is 9.47 Å². The minimum Gasteiger partial charge on any atom is -0.493 e. The Morgan fingerprint density at radius 1 is 0.771 bits per heavy atom. The molecule has 0 bridgehead atoms. The molecule has 3 heterocycles. The molecule has 6 rings (SSSR count). The monoisotopic (exact) mass is 461 g/mol. The number of benzene rings is 3. The average molecular weight is 462 g/mol. The summed E-state index contributed by atoms with van der Waals surface area (Å²) >= 11 is 0. The highest BCUT2D eigenvalue weighted by Crippen LogP contribution is 2.32. The molecule has 0 radical (unpaired) electrons. The zero-order valence-electron chi connectivity index (χ0n) is 19.6. The van der Waals surface area contributed by atoms with E-state index in [1.54, 1.807) is 14.2 Å². The first-order valence-electron chi connectivity index (χ1n) is 11.3. The smallest absolute Gasteiger partial charge is 0.161 e. The van der Waals surface area contributed by atoms with E-state index in [2.05, 4.69) is 39.9 Å². The Labute approximate surface area is 202 Å². The van der Waals surface area contributed by atoms with E-state index in [-0.39, 0.29) is 0 Å². The Morgan fingerprint density at radius 3 is 2.34 bits per heavy atom. The van der Waals surface area contributed by atoms with Gasteiger partial charge in [0.2, 0.25) is 0 Å². The highest BCUT2D eigenvalue weighted by atomic mass is 16.5. The molecule has 0 N–H and O–H groups in total. The van der Waals surface area contributed by atoms with Crippen molar-refractivity contribution in [1.29, 1.82) is 0 Å². The standard InChI is InChI=1S/C28H23N5O2/c1-18-28(19-8-11-21(12-9-19)32-17-29-23-6-4-5-7-24(23)32)33-27(30-18)15-13-22(31-33)20-10-14-25(34-2)26(16-20)35-3/h4-17H,1-3H3. The van der Waals surface area contributed by atoms with Gasteiger partial charge in [-0.2, -0.15) is 5.10 Å². The van der Waals surface area contributed by atoms with E-state index in [1.807, 2.05) is 66.3 Å². The maximum absolute atomic E-state index is 5.47. The molecule has 0 aliphatic heterocycles. The van der Waals surface area contributed by atoms with Crippen molar-refractivity contribution < 1.29 is 9.47 Å². The van der Waals surface area contributed by atoms with Crippen LogP contribution in [-0.2, 0) is 0 Å². The summed E-state index contributed by atoms with van der Waals surface area (Å²) in [7, 11) is 3.26. The van der Waals surface area contributed by atoms with Gasteiger partial charge in [0.25, 0.3) is 0 Å². The number of ether oxygens (including phenoxy) is 2. The molecule has 6 aromatic rings. The minimum atomic E-state index is 0.663. The molecule has 172 valence electrons. The van der Waals surface area contributed by atoms with E-state index in [0.29, 0.717) is 11.5 Å². The molecule has 0 aliphatic carbocycles. The predicted octanol–water partition coefficient (Wildman–Crippen LogP) is 5.73. The maximum Gasteiger partial charge on any atom is 0.161 e. The van der Waals surface area contributed by atoms with Crippen molar-refractivity contribution in [2.75, 3.05) is 14.2 Å². The van der Waals surface area contributed by atoms with Crippen LogP contribution in [0.3, 0.4) is 0 Å².